The summed E-state index contributed by atoms with van der Waals surface area (Å²) in [5.41, 5.74) is 0.533. The predicted octanol–water partition coefficient (Wildman–Crippen LogP) is 1.64. The molecule has 2 N–H and O–H groups in total. The lowest BCUT2D eigenvalue weighted by Crippen LogP contribution is -2.35. The van der Waals surface area contributed by atoms with Crippen molar-refractivity contribution in [1.29, 1.82) is 0 Å². The summed E-state index contributed by atoms with van der Waals surface area (Å²) in [6.07, 6.45) is 0. The molecule has 0 aromatic heterocycles. The number of anilines is 1. The molecule has 1 aromatic rings. The Morgan fingerprint density at radius 2 is 1.82 bits per heavy atom. The summed E-state index contributed by atoms with van der Waals surface area (Å²) >= 11 is 1.08. The van der Waals surface area contributed by atoms with Crippen molar-refractivity contribution in [1.82, 2.24) is 5.32 Å². The highest BCUT2D eigenvalue weighted by atomic mass is 32.2. The van der Waals surface area contributed by atoms with Gasteiger partial charge in [0.1, 0.15) is 5.75 Å². The zero-order valence-corrected chi connectivity index (χ0v) is 13.2. The number of benzene rings is 1. The maximum Gasteiger partial charge on any atom is 0.325 e. The van der Waals surface area contributed by atoms with Crippen molar-refractivity contribution in [2.45, 2.75) is 6.92 Å². The largest absolute Gasteiger partial charge is 0.497 e. The van der Waals surface area contributed by atoms with E-state index < -0.39 is 11.9 Å². The zero-order valence-electron chi connectivity index (χ0n) is 12.4. The summed E-state index contributed by atoms with van der Waals surface area (Å²) in [7, 11) is 1.54. The molecule has 0 atom stereocenters. The Bertz CT molecular complexity index is 518. The van der Waals surface area contributed by atoms with Crippen molar-refractivity contribution < 1.29 is 23.9 Å². The van der Waals surface area contributed by atoms with E-state index in [1.54, 1.807) is 38.3 Å². The highest BCUT2D eigenvalue weighted by molar-refractivity contribution is 8.00. The third-order valence-electron chi connectivity index (χ3n) is 2.36. The SMILES string of the molecule is CCOC(=O)CSCC(=O)NC(=O)Nc1ccc(OC)cc1. The number of esters is 1. The van der Waals surface area contributed by atoms with E-state index in [0.29, 0.717) is 18.0 Å². The number of imide groups is 1. The molecule has 0 fully saturated rings. The van der Waals surface area contributed by atoms with Crippen LogP contribution in [-0.2, 0) is 14.3 Å². The van der Waals surface area contributed by atoms with Crippen LogP contribution in [0.5, 0.6) is 5.75 Å². The van der Waals surface area contributed by atoms with Gasteiger partial charge < -0.3 is 14.8 Å². The fourth-order valence-corrected chi connectivity index (χ4v) is 2.04. The number of hydrogen-bond donors (Lipinski definition) is 2. The summed E-state index contributed by atoms with van der Waals surface area (Å²) in [5, 5.41) is 4.69. The number of carbonyl (C=O) groups is 3. The average Bonchev–Trinajstić information content (AvgIpc) is 2.48. The number of carbonyl (C=O) groups excluding carboxylic acids is 3. The lowest BCUT2D eigenvalue weighted by molar-refractivity contribution is -0.139. The van der Waals surface area contributed by atoms with Crippen LogP contribution >= 0.6 is 11.8 Å². The molecule has 0 saturated carbocycles. The lowest BCUT2D eigenvalue weighted by Gasteiger charge is -2.07. The van der Waals surface area contributed by atoms with E-state index >= 15 is 0 Å². The van der Waals surface area contributed by atoms with Gasteiger partial charge in [-0.15, -0.1) is 11.8 Å². The van der Waals surface area contributed by atoms with Gasteiger partial charge in [0.2, 0.25) is 5.91 Å². The van der Waals surface area contributed by atoms with Crippen LogP contribution in [0.3, 0.4) is 0 Å². The molecule has 120 valence electrons. The molecule has 0 saturated heterocycles. The van der Waals surface area contributed by atoms with Gasteiger partial charge in [-0.05, 0) is 31.2 Å². The van der Waals surface area contributed by atoms with Crippen molar-refractivity contribution >= 4 is 35.4 Å². The van der Waals surface area contributed by atoms with Crippen LogP contribution in [0.1, 0.15) is 6.92 Å². The van der Waals surface area contributed by atoms with E-state index in [9.17, 15) is 14.4 Å². The van der Waals surface area contributed by atoms with E-state index in [1.165, 1.54) is 0 Å². The van der Waals surface area contributed by atoms with Crippen molar-refractivity contribution in [2.24, 2.45) is 0 Å². The van der Waals surface area contributed by atoms with E-state index in [0.717, 1.165) is 11.8 Å². The molecule has 0 aliphatic carbocycles. The number of thioether (sulfide) groups is 1. The van der Waals surface area contributed by atoms with Gasteiger partial charge in [-0.1, -0.05) is 0 Å². The van der Waals surface area contributed by atoms with Crippen LogP contribution < -0.4 is 15.4 Å². The van der Waals surface area contributed by atoms with Gasteiger partial charge in [-0.25, -0.2) is 4.79 Å². The van der Waals surface area contributed by atoms with Gasteiger partial charge in [-0.2, -0.15) is 0 Å². The molecule has 8 heteroatoms. The normalized spacial score (nSPS) is 9.73. The highest BCUT2D eigenvalue weighted by Crippen LogP contribution is 2.14. The molecule has 0 radical (unpaired) electrons. The maximum atomic E-state index is 11.6. The fraction of sp³-hybridized carbons (Fsp3) is 0.357. The standard InChI is InChI=1S/C14H18N2O5S/c1-3-21-13(18)9-22-8-12(17)16-14(19)15-10-4-6-11(20-2)7-5-10/h4-7H,3,8-9H2,1-2H3,(H2,15,16,17,19). The minimum absolute atomic E-state index is 0.00511. The van der Waals surface area contributed by atoms with E-state index in [1.807, 2.05) is 0 Å². The van der Waals surface area contributed by atoms with Crippen LogP contribution in [0, 0.1) is 0 Å². The molecular formula is C14H18N2O5S. The van der Waals surface area contributed by atoms with Crippen molar-refractivity contribution in [3.63, 3.8) is 0 Å². The van der Waals surface area contributed by atoms with E-state index in [2.05, 4.69) is 10.6 Å². The van der Waals surface area contributed by atoms with Crippen molar-refractivity contribution in [2.75, 3.05) is 30.5 Å². The van der Waals surface area contributed by atoms with Crippen LogP contribution in [0.4, 0.5) is 10.5 Å². The van der Waals surface area contributed by atoms with Crippen LogP contribution in [0.25, 0.3) is 0 Å². The maximum absolute atomic E-state index is 11.6. The number of amides is 3. The highest BCUT2D eigenvalue weighted by Gasteiger charge is 2.10. The van der Waals surface area contributed by atoms with Gasteiger partial charge in [-0.3, -0.25) is 14.9 Å². The molecule has 1 rings (SSSR count). The first-order valence-electron chi connectivity index (χ1n) is 6.53. The second kappa shape index (κ2) is 9.67. The summed E-state index contributed by atoms with van der Waals surface area (Å²) in [6, 6.07) is 6.04. The Hall–Kier alpha value is -2.22. The first-order valence-corrected chi connectivity index (χ1v) is 7.69. The molecule has 0 unspecified atom stereocenters. The Kier molecular flexibility index (Phi) is 7.84. The Balaban J connectivity index is 2.28. The second-order valence-corrected chi connectivity index (χ2v) is 5.01. The number of methoxy groups -OCH3 is 1. The average molecular weight is 326 g/mol. The van der Waals surface area contributed by atoms with Gasteiger partial charge >= 0.3 is 12.0 Å². The second-order valence-electron chi connectivity index (χ2n) is 4.03. The zero-order chi connectivity index (χ0) is 16.4. The summed E-state index contributed by atoms with van der Waals surface area (Å²) < 4.78 is 9.72. The summed E-state index contributed by atoms with van der Waals surface area (Å²) in [5.74, 6) is -0.142. The van der Waals surface area contributed by atoms with Crippen LogP contribution in [-0.4, -0.2) is 43.1 Å². The lowest BCUT2D eigenvalue weighted by atomic mass is 10.3. The molecule has 0 spiro atoms. The molecule has 0 heterocycles. The minimum Gasteiger partial charge on any atom is -0.497 e. The number of rotatable bonds is 7. The smallest absolute Gasteiger partial charge is 0.325 e. The van der Waals surface area contributed by atoms with Crippen molar-refractivity contribution in [3.8, 4) is 5.75 Å². The van der Waals surface area contributed by atoms with E-state index in [-0.39, 0.29) is 17.5 Å². The molecule has 0 bridgehead atoms. The van der Waals surface area contributed by atoms with Gasteiger partial charge in [0.25, 0.3) is 0 Å². The van der Waals surface area contributed by atoms with Crippen molar-refractivity contribution in [3.05, 3.63) is 24.3 Å². The number of urea groups is 1. The number of hydrogen-bond acceptors (Lipinski definition) is 6. The van der Waals surface area contributed by atoms with E-state index in [4.69, 9.17) is 9.47 Å². The third kappa shape index (κ3) is 6.98. The predicted molar refractivity (Wildman–Crippen MR) is 84.1 cm³/mol. The molecular weight excluding hydrogens is 308 g/mol. The molecule has 0 aliphatic heterocycles. The number of ether oxygens (including phenoxy) is 2. The Labute approximate surface area is 132 Å². The van der Waals surface area contributed by atoms with Crippen LogP contribution in [0.15, 0.2) is 24.3 Å². The van der Waals surface area contributed by atoms with Gasteiger partial charge in [0.15, 0.2) is 0 Å². The monoisotopic (exact) mass is 326 g/mol. The fourth-order valence-electron chi connectivity index (χ4n) is 1.43. The Morgan fingerprint density at radius 3 is 2.41 bits per heavy atom. The first-order chi connectivity index (χ1) is 10.5. The topological polar surface area (TPSA) is 93.7 Å². The van der Waals surface area contributed by atoms with Crippen LogP contribution in [0.2, 0.25) is 0 Å². The first kappa shape index (κ1) is 17.8. The summed E-state index contributed by atoms with van der Waals surface area (Å²) in [4.78, 5) is 34.2. The Morgan fingerprint density at radius 1 is 1.14 bits per heavy atom. The number of nitrogens with one attached hydrogen (secondary N) is 2. The van der Waals surface area contributed by atoms with Gasteiger partial charge in [0, 0.05) is 5.69 Å². The minimum atomic E-state index is -0.632. The third-order valence-corrected chi connectivity index (χ3v) is 3.27. The molecule has 7 nitrogen and oxygen atoms in total. The van der Waals surface area contributed by atoms with Gasteiger partial charge in [0.05, 0.1) is 25.2 Å². The quantitative estimate of drug-likeness (QED) is 0.740. The molecule has 3 amide bonds. The molecule has 1 aromatic carbocycles. The molecule has 22 heavy (non-hydrogen) atoms. The summed E-state index contributed by atoms with van der Waals surface area (Å²) in [6.45, 7) is 2.01. The molecule has 0 aliphatic rings.